The molecule has 3 aromatic carbocycles. The van der Waals surface area contributed by atoms with Crippen LogP contribution in [0.3, 0.4) is 0 Å². The van der Waals surface area contributed by atoms with Gasteiger partial charge in [0, 0.05) is 17.0 Å². The van der Waals surface area contributed by atoms with Crippen molar-refractivity contribution in [3.05, 3.63) is 105 Å². The highest BCUT2D eigenvalue weighted by atomic mass is 35.5. The molecule has 11 heteroatoms. The Morgan fingerprint density at radius 2 is 1.71 bits per heavy atom. The summed E-state index contributed by atoms with van der Waals surface area (Å²) < 4.78 is 35.7. The minimum Gasteiger partial charge on any atom is -0.494 e. The fourth-order valence-electron chi connectivity index (χ4n) is 4.32. The van der Waals surface area contributed by atoms with Gasteiger partial charge >= 0.3 is 0 Å². The van der Waals surface area contributed by atoms with Gasteiger partial charge in [0.15, 0.2) is 0 Å². The lowest BCUT2D eigenvalue weighted by Crippen LogP contribution is -2.39. The Labute approximate surface area is 250 Å². The van der Waals surface area contributed by atoms with Crippen molar-refractivity contribution in [1.29, 1.82) is 0 Å². The molecule has 0 aliphatic heterocycles. The van der Waals surface area contributed by atoms with Gasteiger partial charge in [-0.15, -0.1) is 0 Å². The quantitative estimate of drug-likeness (QED) is 0.164. The van der Waals surface area contributed by atoms with Crippen LogP contribution in [0.2, 0.25) is 10.0 Å². The lowest BCUT2D eigenvalue weighted by atomic mass is 10.2. The molecule has 0 aliphatic carbocycles. The number of rotatable bonds is 10. The molecule has 1 N–H and O–H groups in total. The van der Waals surface area contributed by atoms with Crippen LogP contribution >= 0.6 is 23.2 Å². The van der Waals surface area contributed by atoms with Crippen molar-refractivity contribution in [1.82, 2.24) is 9.99 Å². The Morgan fingerprint density at radius 1 is 1.02 bits per heavy atom. The number of sulfonamides is 1. The molecule has 0 saturated heterocycles. The molecule has 1 amide bonds. The molecule has 0 saturated carbocycles. The Hall–Kier alpha value is -3.79. The smallest absolute Gasteiger partial charge is 0.264 e. The lowest BCUT2D eigenvalue weighted by molar-refractivity contribution is -0.119. The number of hydrogen-bond donors (Lipinski definition) is 1. The second kappa shape index (κ2) is 12.8. The number of anilines is 1. The van der Waals surface area contributed by atoms with E-state index >= 15 is 0 Å². The third-order valence-corrected chi connectivity index (χ3v) is 8.96. The molecule has 8 nitrogen and oxygen atoms in total. The maximum Gasteiger partial charge on any atom is 0.264 e. The van der Waals surface area contributed by atoms with Crippen LogP contribution < -0.4 is 14.5 Å². The predicted octanol–water partition coefficient (Wildman–Crippen LogP) is 6.45. The van der Waals surface area contributed by atoms with E-state index < -0.39 is 22.5 Å². The van der Waals surface area contributed by atoms with E-state index in [1.807, 2.05) is 50.5 Å². The van der Waals surface area contributed by atoms with Crippen molar-refractivity contribution in [2.24, 2.45) is 5.10 Å². The Balaban J connectivity index is 1.56. The number of halogens is 2. The van der Waals surface area contributed by atoms with Gasteiger partial charge in [-0.2, -0.15) is 5.10 Å². The number of aromatic nitrogens is 1. The third-order valence-electron chi connectivity index (χ3n) is 6.37. The molecule has 4 rings (SSSR count). The van der Waals surface area contributed by atoms with Crippen molar-refractivity contribution in [3.63, 3.8) is 0 Å². The third kappa shape index (κ3) is 6.75. The standard InChI is InChI=1S/C30H30Cl2N4O4S/c1-5-40-25-13-15-26(16-14-25)41(38,39)35(24-11-9-20(2)10-12-24)19-29(37)34-33-18-23-17-21(3)36(22(23)4)28-8-6-7-27(31)30(28)32/h6-18H,5,19H2,1-4H3,(H,34,37)/b33-18+. The lowest BCUT2D eigenvalue weighted by Gasteiger charge is -2.24. The summed E-state index contributed by atoms with van der Waals surface area (Å²) in [5.41, 5.74) is 6.97. The summed E-state index contributed by atoms with van der Waals surface area (Å²) in [5, 5.41) is 4.97. The zero-order valence-electron chi connectivity index (χ0n) is 23.1. The van der Waals surface area contributed by atoms with E-state index in [2.05, 4.69) is 10.5 Å². The molecular formula is C30H30Cl2N4O4S. The van der Waals surface area contributed by atoms with Crippen LogP contribution in [-0.4, -0.2) is 38.3 Å². The van der Waals surface area contributed by atoms with E-state index in [1.54, 1.807) is 42.5 Å². The fraction of sp³-hybridized carbons (Fsp3) is 0.200. The van der Waals surface area contributed by atoms with Crippen LogP contribution in [0.1, 0.15) is 29.4 Å². The van der Waals surface area contributed by atoms with Gasteiger partial charge in [0.2, 0.25) is 0 Å². The van der Waals surface area contributed by atoms with Crippen LogP contribution in [0.15, 0.2) is 82.8 Å². The molecule has 4 aromatic rings. The molecule has 0 atom stereocenters. The van der Waals surface area contributed by atoms with E-state index in [0.717, 1.165) is 32.5 Å². The highest BCUT2D eigenvalue weighted by Gasteiger charge is 2.27. The number of carbonyl (C=O) groups excluding carboxylic acids is 1. The van der Waals surface area contributed by atoms with Crippen molar-refractivity contribution in [3.8, 4) is 11.4 Å². The average Bonchev–Trinajstić information content (AvgIpc) is 3.22. The van der Waals surface area contributed by atoms with Crippen LogP contribution in [0.4, 0.5) is 5.69 Å². The van der Waals surface area contributed by atoms with Crippen LogP contribution in [-0.2, 0) is 14.8 Å². The van der Waals surface area contributed by atoms with Crippen LogP contribution in [0.25, 0.3) is 5.69 Å². The number of benzene rings is 3. The second-order valence-corrected chi connectivity index (χ2v) is 11.9. The minimum atomic E-state index is -4.08. The van der Waals surface area contributed by atoms with Crippen molar-refractivity contribution in [2.75, 3.05) is 17.5 Å². The molecule has 0 radical (unpaired) electrons. The largest absolute Gasteiger partial charge is 0.494 e. The highest BCUT2D eigenvalue weighted by molar-refractivity contribution is 7.92. The number of aryl methyl sites for hydroxylation is 2. The average molecular weight is 614 g/mol. The zero-order valence-corrected chi connectivity index (χ0v) is 25.4. The number of nitrogens with one attached hydrogen (secondary N) is 1. The molecule has 0 unspecified atom stereocenters. The molecule has 0 spiro atoms. The summed E-state index contributed by atoms with van der Waals surface area (Å²) in [4.78, 5) is 13.0. The van der Waals surface area contributed by atoms with E-state index in [-0.39, 0.29) is 4.90 Å². The topological polar surface area (TPSA) is 93.0 Å². The molecule has 214 valence electrons. The Kier molecular flexibility index (Phi) is 9.42. The summed E-state index contributed by atoms with van der Waals surface area (Å²) in [6.07, 6.45) is 1.51. The zero-order chi connectivity index (χ0) is 29.7. The van der Waals surface area contributed by atoms with Gasteiger partial charge < -0.3 is 9.30 Å². The summed E-state index contributed by atoms with van der Waals surface area (Å²) >= 11 is 12.6. The SMILES string of the molecule is CCOc1ccc(S(=O)(=O)N(CC(=O)N/N=C/c2cc(C)n(-c3cccc(Cl)c3Cl)c2C)c2ccc(C)cc2)cc1. The van der Waals surface area contributed by atoms with Gasteiger partial charge in [-0.25, -0.2) is 13.8 Å². The molecule has 0 fully saturated rings. The fourth-order valence-corrected chi connectivity index (χ4v) is 6.12. The van der Waals surface area contributed by atoms with Crippen LogP contribution in [0, 0.1) is 20.8 Å². The number of hydrogen-bond acceptors (Lipinski definition) is 5. The highest BCUT2D eigenvalue weighted by Crippen LogP contribution is 2.31. The molecule has 1 aromatic heterocycles. The van der Waals surface area contributed by atoms with E-state index in [0.29, 0.717) is 28.1 Å². The van der Waals surface area contributed by atoms with Gasteiger partial charge in [-0.1, -0.05) is 47.0 Å². The van der Waals surface area contributed by atoms with E-state index in [9.17, 15) is 13.2 Å². The maximum atomic E-state index is 13.6. The predicted molar refractivity (Wildman–Crippen MR) is 164 cm³/mol. The summed E-state index contributed by atoms with van der Waals surface area (Å²) in [6, 6.07) is 20.3. The van der Waals surface area contributed by atoms with Crippen LogP contribution in [0.5, 0.6) is 5.75 Å². The number of carbonyl (C=O) groups is 1. The first kappa shape index (κ1) is 30.2. The number of amides is 1. The number of ether oxygens (including phenoxy) is 1. The second-order valence-electron chi connectivity index (χ2n) is 9.28. The van der Waals surface area contributed by atoms with Gasteiger partial charge in [0.1, 0.15) is 12.3 Å². The van der Waals surface area contributed by atoms with Crippen molar-refractivity contribution < 1.29 is 17.9 Å². The number of hydrazone groups is 1. The molecule has 1 heterocycles. The van der Waals surface area contributed by atoms with E-state index in [1.165, 1.54) is 18.3 Å². The molecule has 0 bridgehead atoms. The van der Waals surface area contributed by atoms with Crippen molar-refractivity contribution in [2.45, 2.75) is 32.6 Å². The van der Waals surface area contributed by atoms with Gasteiger partial charge in [0.05, 0.1) is 39.1 Å². The first-order chi connectivity index (χ1) is 19.5. The minimum absolute atomic E-state index is 0.0324. The first-order valence-corrected chi connectivity index (χ1v) is 15.0. The normalized spacial score (nSPS) is 11.6. The number of nitrogens with zero attached hydrogens (tertiary/aromatic N) is 3. The molecule has 41 heavy (non-hydrogen) atoms. The molecular weight excluding hydrogens is 583 g/mol. The maximum absolute atomic E-state index is 13.6. The van der Waals surface area contributed by atoms with Gasteiger partial charge in [-0.05, 0) is 82.3 Å². The van der Waals surface area contributed by atoms with Crippen molar-refractivity contribution >= 4 is 51.0 Å². The van der Waals surface area contributed by atoms with Gasteiger partial charge in [-0.3, -0.25) is 9.10 Å². The molecule has 0 aliphatic rings. The summed E-state index contributed by atoms with van der Waals surface area (Å²) in [6.45, 7) is 7.54. The Morgan fingerprint density at radius 3 is 2.37 bits per heavy atom. The van der Waals surface area contributed by atoms with E-state index in [4.69, 9.17) is 27.9 Å². The monoisotopic (exact) mass is 612 g/mol. The first-order valence-electron chi connectivity index (χ1n) is 12.8. The summed E-state index contributed by atoms with van der Waals surface area (Å²) in [7, 11) is -4.08. The Bertz CT molecular complexity index is 1680. The summed E-state index contributed by atoms with van der Waals surface area (Å²) in [5.74, 6) is -0.0551. The van der Waals surface area contributed by atoms with Gasteiger partial charge in [0.25, 0.3) is 15.9 Å².